The lowest BCUT2D eigenvalue weighted by Gasteiger charge is -2.31. The Bertz CT molecular complexity index is 692. The number of amides is 2. The van der Waals surface area contributed by atoms with E-state index in [4.69, 9.17) is 4.42 Å². The Morgan fingerprint density at radius 3 is 2.83 bits per heavy atom. The van der Waals surface area contributed by atoms with Crippen molar-refractivity contribution in [2.24, 2.45) is 0 Å². The molecule has 0 radical (unpaired) electrons. The van der Waals surface area contributed by atoms with Crippen LogP contribution in [0.25, 0.3) is 0 Å². The summed E-state index contributed by atoms with van der Waals surface area (Å²) >= 11 is 0. The lowest BCUT2D eigenvalue weighted by molar-refractivity contribution is 0.180. The highest BCUT2D eigenvalue weighted by molar-refractivity contribution is 5.74. The van der Waals surface area contributed by atoms with Gasteiger partial charge in [-0.2, -0.15) is 0 Å². The summed E-state index contributed by atoms with van der Waals surface area (Å²) < 4.78 is 5.27. The molecule has 3 rings (SSSR count). The van der Waals surface area contributed by atoms with E-state index in [0.717, 1.165) is 36.5 Å². The van der Waals surface area contributed by atoms with E-state index < -0.39 is 0 Å². The van der Waals surface area contributed by atoms with Gasteiger partial charge in [0.15, 0.2) is 5.89 Å². The number of carbonyl (C=O) groups excluding carboxylic acids is 1. The second-order valence-electron chi connectivity index (χ2n) is 6.06. The van der Waals surface area contributed by atoms with Crippen LogP contribution < -0.4 is 5.32 Å². The SMILES string of the molecule is CCc1nc(CNC(=O)N2CCC(c3nccc(C)n3)CC2)co1. The summed E-state index contributed by atoms with van der Waals surface area (Å²) in [7, 11) is 0. The molecule has 0 aliphatic carbocycles. The molecule has 7 nitrogen and oxygen atoms in total. The number of hydrogen-bond acceptors (Lipinski definition) is 5. The van der Waals surface area contributed by atoms with E-state index in [-0.39, 0.29) is 6.03 Å². The van der Waals surface area contributed by atoms with Crippen LogP contribution in [0, 0.1) is 6.92 Å². The number of aryl methyl sites for hydroxylation is 2. The van der Waals surface area contributed by atoms with Gasteiger partial charge in [-0.1, -0.05) is 6.92 Å². The molecule has 0 atom stereocenters. The summed E-state index contributed by atoms with van der Waals surface area (Å²) in [4.78, 5) is 27.3. The Hall–Kier alpha value is -2.44. The minimum absolute atomic E-state index is 0.0559. The fraction of sp³-hybridized carbons (Fsp3) is 0.529. The van der Waals surface area contributed by atoms with Gasteiger partial charge in [0.05, 0.1) is 12.2 Å². The molecule has 0 bridgehead atoms. The van der Waals surface area contributed by atoms with E-state index in [1.165, 1.54) is 0 Å². The van der Waals surface area contributed by atoms with Gasteiger partial charge in [-0.25, -0.2) is 19.7 Å². The fourth-order valence-electron chi connectivity index (χ4n) is 2.88. The van der Waals surface area contributed by atoms with Gasteiger partial charge in [0.25, 0.3) is 0 Å². The number of carbonyl (C=O) groups is 1. The quantitative estimate of drug-likeness (QED) is 0.931. The summed E-state index contributed by atoms with van der Waals surface area (Å²) in [6, 6.07) is 1.85. The lowest BCUT2D eigenvalue weighted by atomic mass is 9.96. The highest BCUT2D eigenvalue weighted by Crippen LogP contribution is 2.25. The van der Waals surface area contributed by atoms with Gasteiger partial charge >= 0.3 is 6.03 Å². The number of piperidine rings is 1. The van der Waals surface area contributed by atoms with Crippen LogP contribution in [0.15, 0.2) is 22.9 Å². The van der Waals surface area contributed by atoms with Crippen LogP contribution in [-0.4, -0.2) is 39.0 Å². The molecular weight excluding hydrogens is 306 g/mol. The van der Waals surface area contributed by atoms with Crippen LogP contribution in [0.2, 0.25) is 0 Å². The van der Waals surface area contributed by atoms with Crippen LogP contribution in [0.3, 0.4) is 0 Å². The Labute approximate surface area is 141 Å². The molecule has 1 N–H and O–H groups in total. The van der Waals surface area contributed by atoms with E-state index in [9.17, 15) is 4.79 Å². The minimum Gasteiger partial charge on any atom is -0.449 e. The standard InChI is InChI=1S/C17H23N5O2/c1-3-15-21-14(11-24-15)10-19-17(23)22-8-5-13(6-9-22)16-18-7-4-12(2)20-16/h4,7,11,13H,3,5-6,8-10H2,1-2H3,(H,19,23). The van der Waals surface area contributed by atoms with Crippen LogP contribution in [0.4, 0.5) is 4.79 Å². The number of hydrogen-bond donors (Lipinski definition) is 1. The van der Waals surface area contributed by atoms with E-state index >= 15 is 0 Å². The lowest BCUT2D eigenvalue weighted by Crippen LogP contribution is -2.44. The number of nitrogens with zero attached hydrogens (tertiary/aromatic N) is 4. The Kier molecular flexibility index (Phi) is 5.08. The van der Waals surface area contributed by atoms with Gasteiger partial charge in [0.1, 0.15) is 12.1 Å². The first kappa shape index (κ1) is 16.4. The van der Waals surface area contributed by atoms with Crippen molar-refractivity contribution in [3.8, 4) is 0 Å². The molecule has 2 aromatic heterocycles. The first-order valence-corrected chi connectivity index (χ1v) is 8.41. The molecule has 24 heavy (non-hydrogen) atoms. The summed E-state index contributed by atoms with van der Waals surface area (Å²) in [5.74, 6) is 1.92. The van der Waals surface area contributed by atoms with Crippen molar-refractivity contribution < 1.29 is 9.21 Å². The zero-order chi connectivity index (χ0) is 16.9. The Balaban J connectivity index is 1.48. The number of oxazole rings is 1. The molecule has 1 fully saturated rings. The third-order valence-corrected chi connectivity index (χ3v) is 4.28. The van der Waals surface area contributed by atoms with Gasteiger partial charge in [-0.05, 0) is 25.8 Å². The van der Waals surface area contributed by atoms with E-state index in [0.29, 0.717) is 31.4 Å². The molecule has 0 aromatic carbocycles. The highest BCUT2D eigenvalue weighted by atomic mass is 16.3. The van der Waals surface area contributed by atoms with Gasteiger partial charge in [-0.15, -0.1) is 0 Å². The summed E-state index contributed by atoms with van der Waals surface area (Å²) in [6.45, 7) is 5.78. The van der Waals surface area contributed by atoms with Crippen molar-refractivity contribution >= 4 is 6.03 Å². The predicted octanol–water partition coefficient (Wildman–Crippen LogP) is 2.42. The molecule has 1 aliphatic heterocycles. The van der Waals surface area contributed by atoms with Gasteiger partial charge < -0.3 is 14.6 Å². The predicted molar refractivity (Wildman–Crippen MR) is 88.4 cm³/mol. The Morgan fingerprint density at radius 1 is 1.38 bits per heavy atom. The average molecular weight is 329 g/mol. The molecule has 1 saturated heterocycles. The Morgan fingerprint density at radius 2 is 2.17 bits per heavy atom. The second-order valence-corrected chi connectivity index (χ2v) is 6.06. The average Bonchev–Trinajstić information content (AvgIpc) is 3.08. The maximum atomic E-state index is 12.3. The fourth-order valence-corrected chi connectivity index (χ4v) is 2.88. The summed E-state index contributed by atoms with van der Waals surface area (Å²) in [5, 5.41) is 2.90. The van der Waals surface area contributed by atoms with E-state index in [1.807, 2.05) is 24.8 Å². The first-order chi connectivity index (χ1) is 11.7. The first-order valence-electron chi connectivity index (χ1n) is 8.41. The topological polar surface area (TPSA) is 84.2 Å². The van der Waals surface area contributed by atoms with Crippen molar-refractivity contribution in [3.05, 3.63) is 41.6 Å². The summed E-state index contributed by atoms with van der Waals surface area (Å²) in [6.07, 6.45) is 5.93. The van der Waals surface area contributed by atoms with Crippen LogP contribution in [-0.2, 0) is 13.0 Å². The van der Waals surface area contributed by atoms with Crippen molar-refractivity contribution in [1.82, 2.24) is 25.2 Å². The number of aromatic nitrogens is 3. The smallest absolute Gasteiger partial charge is 0.317 e. The van der Waals surface area contributed by atoms with Crippen molar-refractivity contribution in [2.75, 3.05) is 13.1 Å². The van der Waals surface area contributed by atoms with Crippen LogP contribution >= 0.6 is 0 Å². The molecule has 1 aliphatic rings. The van der Waals surface area contributed by atoms with Crippen molar-refractivity contribution in [2.45, 2.75) is 45.6 Å². The number of rotatable bonds is 4. The monoisotopic (exact) mass is 329 g/mol. The molecule has 2 aromatic rings. The highest BCUT2D eigenvalue weighted by Gasteiger charge is 2.25. The van der Waals surface area contributed by atoms with Crippen LogP contribution in [0.1, 0.15) is 48.8 Å². The molecule has 128 valence electrons. The van der Waals surface area contributed by atoms with Gasteiger partial charge in [-0.3, -0.25) is 0 Å². The number of likely N-dealkylation sites (tertiary alicyclic amines) is 1. The van der Waals surface area contributed by atoms with Gasteiger partial charge in [0.2, 0.25) is 0 Å². The second kappa shape index (κ2) is 7.42. The molecule has 2 amide bonds. The van der Waals surface area contributed by atoms with Crippen LogP contribution in [0.5, 0.6) is 0 Å². The molecule has 3 heterocycles. The maximum absolute atomic E-state index is 12.3. The van der Waals surface area contributed by atoms with Crippen molar-refractivity contribution in [3.63, 3.8) is 0 Å². The largest absolute Gasteiger partial charge is 0.449 e. The molecule has 0 saturated carbocycles. The molecular formula is C17H23N5O2. The normalized spacial score (nSPS) is 15.5. The summed E-state index contributed by atoms with van der Waals surface area (Å²) in [5.41, 5.74) is 1.74. The van der Waals surface area contributed by atoms with Crippen molar-refractivity contribution in [1.29, 1.82) is 0 Å². The molecule has 7 heteroatoms. The zero-order valence-corrected chi connectivity index (χ0v) is 14.2. The maximum Gasteiger partial charge on any atom is 0.317 e. The third-order valence-electron chi connectivity index (χ3n) is 4.28. The number of nitrogens with one attached hydrogen (secondary N) is 1. The zero-order valence-electron chi connectivity index (χ0n) is 14.2. The molecule has 0 unspecified atom stereocenters. The molecule has 0 spiro atoms. The van der Waals surface area contributed by atoms with E-state index in [2.05, 4.69) is 20.3 Å². The minimum atomic E-state index is -0.0559. The third kappa shape index (κ3) is 3.90. The van der Waals surface area contributed by atoms with Gasteiger partial charge in [0, 0.05) is 37.3 Å². The van der Waals surface area contributed by atoms with E-state index in [1.54, 1.807) is 12.5 Å². The number of urea groups is 1.